The molecule has 1 unspecified atom stereocenters. The molecule has 0 saturated carbocycles. The number of hydrogen-bond acceptors (Lipinski definition) is 6. The van der Waals surface area contributed by atoms with E-state index < -0.39 is 5.97 Å². The fraction of sp³-hybridized carbons (Fsp3) is 0.469. The second kappa shape index (κ2) is 13.3. The number of rotatable bonds is 11. The molecule has 1 atom stereocenters. The minimum Gasteiger partial charge on any atom is -0.488 e. The van der Waals surface area contributed by atoms with Crippen molar-refractivity contribution in [3.63, 3.8) is 0 Å². The van der Waals surface area contributed by atoms with Gasteiger partial charge in [0.05, 0.1) is 11.6 Å². The first-order chi connectivity index (χ1) is 19.2. The Bertz CT molecular complexity index is 1330. The van der Waals surface area contributed by atoms with Crippen LogP contribution in [0.5, 0.6) is 5.75 Å². The Kier molecular flexibility index (Phi) is 9.85. The number of carboxylic acid groups (broad SMARTS) is 1. The molecule has 0 aliphatic carbocycles. The number of nitrogens with zero attached hydrogens (tertiary/aromatic N) is 3. The molecule has 40 heavy (non-hydrogen) atoms. The monoisotopic (exact) mass is 563 g/mol. The lowest BCUT2D eigenvalue weighted by Gasteiger charge is -2.29. The van der Waals surface area contributed by atoms with Crippen LogP contribution in [0.2, 0.25) is 0 Å². The number of carbonyl (C=O) groups is 2. The van der Waals surface area contributed by atoms with Crippen LogP contribution in [0.3, 0.4) is 0 Å². The SMILES string of the molecule is CCCC(CC)N(C)C(=O)c1ccc(COc2ccc(C)cc2-c2csc(N3CCC(C(=O)O)CC3)n2)c(C)c1. The molecule has 0 bridgehead atoms. The maximum atomic E-state index is 13.1. The minimum atomic E-state index is -0.707. The maximum Gasteiger partial charge on any atom is 0.306 e. The number of thiazole rings is 1. The summed E-state index contributed by atoms with van der Waals surface area (Å²) in [5, 5.41) is 12.3. The summed E-state index contributed by atoms with van der Waals surface area (Å²) in [5.74, 6) is -0.153. The second-order valence-corrected chi connectivity index (χ2v) is 11.6. The van der Waals surface area contributed by atoms with Gasteiger partial charge in [-0.15, -0.1) is 11.3 Å². The van der Waals surface area contributed by atoms with Crippen molar-refractivity contribution in [3.8, 4) is 17.0 Å². The molecule has 7 nitrogen and oxygen atoms in total. The smallest absolute Gasteiger partial charge is 0.306 e. The Labute approximate surface area is 241 Å². The Morgan fingerprint density at radius 1 is 1.15 bits per heavy atom. The van der Waals surface area contributed by atoms with Crippen molar-refractivity contribution in [2.45, 2.75) is 72.4 Å². The molecule has 0 radical (unpaired) electrons. The number of aliphatic carboxylic acids is 1. The summed E-state index contributed by atoms with van der Waals surface area (Å²) in [6.07, 6.45) is 4.29. The van der Waals surface area contributed by atoms with Crippen molar-refractivity contribution in [1.29, 1.82) is 0 Å². The van der Waals surface area contributed by atoms with Crippen molar-refractivity contribution < 1.29 is 19.4 Å². The number of anilines is 1. The summed E-state index contributed by atoms with van der Waals surface area (Å²) in [6.45, 7) is 10.1. The van der Waals surface area contributed by atoms with Crippen LogP contribution in [0.25, 0.3) is 11.3 Å². The van der Waals surface area contributed by atoms with Crippen LogP contribution in [0.4, 0.5) is 5.13 Å². The molecule has 4 rings (SSSR count). The van der Waals surface area contributed by atoms with Gasteiger partial charge in [-0.3, -0.25) is 9.59 Å². The number of amides is 1. The Balaban J connectivity index is 1.46. The summed E-state index contributed by atoms with van der Waals surface area (Å²) < 4.78 is 6.33. The number of benzene rings is 2. The van der Waals surface area contributed by atoms with Gasteiger partial charge in [0.1, 0.15) is 12.4 Å². The maximum absolute atomic E-state index is 13.1. The third-order valence-corrected chi connectivity index (χ3v) is 8.85. The number of aromatic nitrogens is 1. The average Bonchev–Trinajstić information content (AvgIpc) is 3.45. The standard InChI is InChI=1S/C32H41N3O4S/c1-6-8-26(7-2)34(5)30(36)24-10-11-25(22(4)18-24)19-39-29-12-9-21(3)17-27(29)28-20-40-32(33-28)35-15-13-23(14-16-35)31(37)38/h9-12,17-18,20,23,26H,6-8,13-16,19H2,1-5H3,(H,37,38). The summed E-state index contributed by atoms with van der Waals surface area (Å²) in [7, 11) is 1.90. The number of hydrogen-bond donors (Lipinski definition) is 1. The van der Waals surface area contributed by atoms with E-state index in [9.17, 15) is 14.7 Å². The molecule has 1 amide bonds. The molecule has 1 N–H and O–H groups in total. The lowest BCUT2D eigenvalue weighted by Crippen LogP contribution is -2.36. The topological polar surface area (TPSA) is 83.0 Å². The van der Waals surface area contributed by atoms with Crippen LogP contribution < -0.4 is 9.64 Å². The van der Waals surface area contributed by atoms with E-state index in [2.05, 4.69) is 31.7 Å². The molecule has 2 heterocycles. The molecule has 214 valence electrons. The summed E-state index contributed by atoms with van der Waals surface area (Å²) >= 11 is 1.58. The molecule has 1 aliphatic rings. The van der Waals surface area contributed by atoms with Crippen molar-refractivity contribution in [1.82, 2.24) is 9.88 Å². The Morgan fingerprint density at radius 3 is 2.55 bits per heavy atom. The Hall–Kier alpha value is -3.39. The van der Waals surface area contributed by atoms with Gasteiger partial charge >= 0.3 is 5.97 Å². The molecule has 8 heteroatoms. The van der Waals surface area contributed by atoms with Gasteiger partial charge < -0.3 is 19.6 Å². The van der Waals surface area contributed by atoms with E-state index in [1.807, 2.05) is 54.6 Å². The zero-order chi connectivity index (χ0) is 28.8. The van der Waals surface area contributed by atoms with Crippen LogP contribution in [0.15, 0.2) is 41.8 Å². The summed E-state index contributed by atoms with van der Waals surface area (Å²) in [5.41, 5.74) is 5.68. The minimum absolute atomic E-state index is 0.0585. The highest BCUT2D eigenvalue weighted by Crippen LogP contribution is 2.36. The third-order valence-electron chi connectivity index (χ3n) is 7.95. The first-order valence-electron chi connectivity index (χ1n) is 14.3. The van der Waals surface area contributed by atoms with Crippen molar-refractivity contribution in [3.05, 3.63) is 64.0 Å². The van der Waals surface area contributed by atoms with Gasteiger partial charge in [-0.05, 0) is 74.9 Å². The first kappa shape index (κ1) is 29.6. The predicted molar refractivity (Wildman–Crippen MR) is 161 cm³/mol. The van der Waals surface area contributed by atoms with E-state index in [0.717, 1.165) is 58.1 Å². The van der Waals surface area contributed by atoms with Crippen molar-refractivity contribution in [2.75, 3.05) is 25.0 Å². The van der Waals surface area contributed by atoms with Crippen LogP contribution in [-0.2, 0) is 11.4 Å². The molecule has 1 aromatic heterocycles. The molecule has 2 aromatic carbocycles. The van der Waals surface area contributed by atoms with Crippen LogP contribution in [0.1, 0.15) is 73.0 Å². The molecular weight excluding hydrogens is 522 g/mol. The second-order valence-electron chi connectivity index (χ2n) is 10.8. The molecule has 1 saturated heterocycles. The number of ether oxygens (including phenoxy) is 1. The van der Waals surface area contributed by atoms with Crippen LogP contribution >= 0.6 is 11.3 Å². The Morgan fingerprint density at radius 2 is 1.90 bits per heavy atom. The van der Waals surface area contributed by atoms with E-state index in [-0.39, 0.29) is 17.9 Å². The largest absolute Gasteiger partial charge is 0.488 e. The highest BCUT2D eigenvalue weighted by atomic mass is 32.1. The zero-order valence-corrected chi connectivity index (χ0v) is 25.1. The number of piperidine rings is 1. The average molecular weight is 564 g/mol. The molecule has 3 aromatic rings. The number of carbonyl (C=O) groups excluding carboxylic acids is 1. The van der Waals surface area contributed by atoms with Gasteiger partial charge in [0.15, 0.2) is 5.13 Å². The van der Waals surface area contributed by atoms with E-state index in [1.54, 1.807) is 11.3 Å². The van der Waals surface area contributed by atoms with Gasteiger partial charge in [0, 0.05) is 42.7 Å². The quantitative estimate of drug-likeness (QED) is 0.272. The van der Waals surface area contributed by atoms with Gasteiger partial charge in [-0.25, -0.2) is 4.98 Å². The normalized spacial score (nSPS) is 14.7. The first-order valence-corrected chi connectivity index (χ1v) is 15.1. The summed E-state index contributed by atoms with van der Waals surface area (Å²) in [4.78, 5) is 33.4. The lowest BCUT2D eigenvalue weighted by atomic mass is 9.97. The number of carboxylic acids is 1. The highest BCUT2D eigenvalue weighted by Gasteiger charge is 2.26. The predicted octanol–water partition coefficient (Wildman–Crippen LogP) is 6.96. The van der Waals surface area contributed by atoms with Crippen molar-refractivity contribution in [2.24, 2.45) is 5.92 Å². The highest BCUT2D eigenvalue weighted by molar-refractivity contribution is 7.14. The fourth-order valence-corrected chi connectivity index (χ4v) is 6.22. The van der Waals surface area contributed by atoms with E-state index in [0.29, 0.717) is 38.1 Å². The van der Waals surface area contributed by atoms with Gasteiger partial charge in [0.25, 0.3) is 5.91 Å². The molecule has 1 fully saturated rings. The van der Waals surface area contributed by atoms with E-state index in [4.69, 9.17) is 9.72 Å². The third kappa shape index (κ3) is 6.84. The lowest BCUT2D eigenvalue weighted by molar-refractivity contribution is -0.142. The number of aryl methyl sites for hydroxylation is 2. The molecule has 0 spiro atoms. The molecule has 1 aliphatic heterocycles. The van der Waals surface area contributed by atoms with E-state index >= 15 is 0 Å². The molecular formula is C32H41N3O4S. The van der Waals surface area contributed by atoms with Gasteiger partial charge in [-0.2, -0.15) is 0 Å². The summed E-state index contributed by atoms with van der Waals surface area (Å²) in [6, 6.07) is 12.2. The van der Waals surface area contributed by atoms with Crippen LogP contribution in [0, 0.1) is 19.8 Å². The van der Waals surface area contributed by atoms with Gasteiger partial charge in [0.2, 0.25) is 0 Å². The van der Waals surface area contributed by atoms with Crippen LogP contribution in [-0.4, -0.2) is 53.0 Å². The van der Waals surface area contributed by atoms with Gasteiger partial charge in [-0.1, -0.05) is 38.0 Å². The van der Waals surface area contributed by atoms with Crippen molar-refractivity contribution >= 4 is 28.3 Å². The van der Waals surface area contributed by atoms with E-state index in [1.165, 1.54) is 0 Å². The zero-order valence-electron chi connectivity index (χ0n) is 24.3. The fourth-order valence-electron chi connectivity index (χ4n) is 5.34.